The first kappa shape index (κ1) is 19.2. The summed E-state index contributed by atoms with van der Waals surface area (Å²) in [4.78, 5) is 29.8. The molecule has 2 atom stereocenters. The molecule has 6 heteroatoms. The van der Waals surface area contributed by atoms with E-state index in [1.165, 1.54) is 0 Å². The molecule has 0 aromatic heterocycles. The number of benzene rings is 2. The molecule has 2 aromatic carbocycles. The number of amides is 2. The zero-order valence-electron chi connectivity index (χ0n) is 17.0. The summed E-state index contributed by atoms with van der Waals surface area (Å²) in [5.74, 6) is -0.266. The lowest BCUT2D eigenvalue weighted by Gasteiger charge is -2.37. The number of piperidine rings is 1. The minimum Gasteiger partial charge on any atom is -0.342 e. The van der Waals surface area contributed by atoms with Crippen LogP contribution in [-0.2, 0) is 9.53 Å². The van der Waals surface area contributed by atoms with Gasteiger partial charge in [0.25, 0.3) is 11.8 Å². The Labute approximate surface area is 175 Å². The summed E-state index contributed by atoms with van der Waals surface area (Å²) >= 11 is 0. The van der Waals surface area contributed by atoms with Gasteiger partial charge in [0.05, 0.1) is 6.04 Å². The van der Waals surface area contributed by atoms with Gasteiger partial charge < -0.3 is 14.5 Å². The maximum absolute atomic E-state index is 14.1. The minimum atomic E-state index is -0.861. The Morgan fingerprint density at radius 1 is 1.10 bits per heavy atom. The molecule has 3 heterocycles. The van der Waals surface area contributed by atoms with Crippen molar-refractivity contribution >= 4 is 11.8 Å². The largest absolute Gasteiger partial charge is 0.342 e. The molecule has 30 heavy (non-hydrogen) atoms. The fourth-order valence-corrected chi connectivity index (χ4v) is 5.02. The van der Waals surface area contributed by atoms with Crippen molar-refractivity contribution in [1.82, 2.24) is 9.80 Å². The van der Waals surface area contributed by atoms with Gasteiger partial charge in [-0.05, 0) is 49.1 Å². The number of nitrogens with zero attached hydrogens (tertiary/aromatic N) is 2. The fourth-order valence-electron chi connectivity index (χ4n) is 5.02. The van der Waals surface area contributed by atoms with Crippen molar-refractivity contribution in [1.29, 1.82) is 0 Å². The van der Waals surface area contributed by atoms with Crippen LogP contribution in [0.2, 0.25) is 0 Å². The standard InChI is InChI=1S/C24H25FN2O3/c1-16-7-8-18(15-19(16)25)20-9-10-21-27(20)23(29)24(30-21)11-13-26(14-12-24)22(28)17-5-3-2-4-6-17/h2-8,15,20-21H,9-14H2,1H3. The smallest absolute Gasteiger partial charge is 0.257 e. The lowest BCUT2D eigenvalue weighted by atomic mass is 9.89. The highest BCUT2D eigenvalue weighted by Crippen LogP contribution is 2.47. The van der Waals surface area contributed by atoms with Crippen molar-refractivity contribution in [2.45, 2.75) is 50.5 Å². The number of hydrogen-bond donors (Lipinski definition) is 0. The molecule has 2 amide bonds. The molecule has 5 rings (SSSR count). The Bertz CT molecular complexity index is 985. The quantitative estimate of drug-likeness (QED) is 0.759. The second-order valence-electron chi connectivity index (χ2n) is 8.54. The third kappa shape index (κ3) is 3.01. The third-order valence-electron chi connectivity index (χ3n) is 6.78. The zero-order chi connectivity index (χ0) is 20.9. The number of aryl methyl sites for hydroxylation is 1. The van der Waals surface area contributed by atoms with Crippen LogP contribution in [0.4, 0.5) is 4.39 Å². The van der Waals surface area contributed by atoms with E-state index < -0.39 is 5.60 Å². The summed E-state index contributed by atoms with van der Waals surface area (Å²) < 4.78 is 20.4. The Hall–Kier alpha value is -2.73. The second-order valence-corrected chi connectivity index (χ2v) is 8.54. The number of carbonyl (C=O) groups is 2. The second kappa shape index (κ2) is 7.20. The van der Waals surface area contributed by atoms with Crippen molar-refractivity contribution in [3.63, 3.8) is 0 Å². The fraction of sp³-hybridized carbons (Fsp3) is 0.417. The monoisotopic (exact) mass is 408 g/mol. The third-order valence-corrected chi connectivity index (χ3v) is 6.78. The SMILES string of the molecule is Cc1ccc(C2CCC3OC4(CCN(C(=O)c5ccccc5)CC4)C(=O)N32)cc1F. The average molecular weight is 408 g/mol. The molecule has 1 spiro atoms. The number of hydrogen-bond acceptors (Lipinski definition) is 3. The lowest BCUT2D eigenvalue weighted by Crippen LogP contribution is -2.51. The van der Waals surface area contributed by atoms with E-state index in [1.807, 2.05) is 41.3 Å². The summed E-state index contributed by atoms with van der Waals surface area (Å²) in [6.07, 6.45) is 2.25. The Kier molecular flexibility index (Phi) is 4.62. The van der Waals surface area contributed by atoms with Crippen LogP contribution in [0.25, 0.3) is 0 Å². The molecule has 3 aliphatic heterocycles. The first-order valence-electron chi connectivity index (χ1n) is 10.6. The van der Waals surface area contributed by atoms with Crippen LogP contribution < -0.4 is 0 Å². The number of rotatable bonds is 2. The predicted molar refractivity (Wildman–Crippen MR) is 109 cm³/mol. The number of fused-ring (bicyclic) bond motifs is 1. The van der Waals surface area contributed by atoms with E-state index in [4.69, 9.17) is 4.74 Å². The molecule has 0 bridgehead atoms. The highest BCUT2D eigenvalue weighted by molar-refractivity contribution is 5.95. The van der Waals surface area contributed by atoms with E-state index in [9.17, 15) is 14.0 Å². The van der Waals surface area contributed by atoms with E-state index in [1.54, 1.807) is 24.0 Å². The summed E-state index contributed by atoms with van der Waals surface area (Å²) in [5, 5.41) is 0. The predicted octanol–water partition coefficient (Wildman–Crippen LogP) is 3.83. The van der Waals surface area contributed by atoms with E-state index in [0.717, 1.165) is 18.4 Å². The molecule has 0 N–H and O–H groups in total. The molecule has 0 saturated carbocycles. The van der Waals surface area contributed by atoms with Crippen LogP contribution in [0.15, 0.2) is 48.5 Å². The molecule has 3 aliphatic rings. The maximum Gasteiger partial charge on any atom is 0.257 e. The van der Waals surface area contributed by atoms with Gasteiger partial charge in [-0.1, -0.05) is 30.3 Å². The van der Waals surface area contributed by atoms with E-state index in [2.05, 4.69) is 0 Å². The van der Waals surface area contributed by atoms with Crippen LogP contribution in [0, 0.1) is 12.7 Å². The Morgan fingerprint density at radius 2 is 1.83 bits per heavy atom. The number of likely N-dealkylation sites (tertiary alicyclic amines) is 1. The highest BCUT2D eigenvalue weighted by atomic mass is 19.1. The van der Waals surface area contributed by atoms with Crippen molar-refractivity contribution in [3.8, 4) is 0 Å². The molecule has 2 aromatic rings. The van der Waals surface area contributed by atoms with Crippen molar-refractivity contribution in [2.24, 2.45) is 0 Å². The minimum absolute atomic E-state index is 0.00981. The Morgan fingerprint density at radius 3 is 2.53 bits per heavy atom. The van der Waals surface area contributed by atoms with Crippen LogP contribution >= 0.6 is 0 Å². The van der Waals surface area contributed by atoms with Gasteiger partial charge in [0.2, 0.25) is 0 Å². The molecule has 3 saturated heterocycles. The van der Waals surface area contributed by atoms with Crippen LogP contribution in [0.3, 0.4) is 0 Å². The Balaban J connectivity index is 1.31. The van der Waals surface area contributed by atoms with Gasteiger partial charge in [-0.2, -0.15) is 0 Å². The number of ether oxygens (including phenoxy) is 1. The first-order valence-corrected chi connectivity index (χ1v) is 10.6. The average Bonchev–Trinajstić information content (AvgIpc) is 3.29. The highest BCUT2D eigenvalue weighted by Gasteiger charge is 2.58. The van der Waals surface area contributed by atoms with Crippen LogP contribution in [0.1, 0.15) is 53.2 Å². The van der Waals surface area contributed by atoms with E-state index in [0.29, 0.717) is 37.1 Å². The zero-order valence-corrected chi connectivity index (χ0v) is 17.0. The topological polar surface area (TPSA) is 49.9 Å². The maximum atomic E-state index is 14.1. The molecule has 0 radical (unpaired) electrons. The number of carbonyl (C=O) groups excluding carboxylic acids is 2. The van der Waals surface area contributed by atoms with Crippen molar-refractivity contribution in [3.05, 3.63) is 71.0 Å². The molecule has 156 valence electrons. The van der Waals surface area contributed by atoms with Gasteiger partial charge in [0.1, 0.15) is 12.0 Å². The van der Waals surface area contributed by atoms with Gasteiger partial charge in [-0.3, -0.25) is 9.59 Å². The van der Waals surface area contributed by atoms with Crippen molar-refractivity contribution < 1.29 is 18.7 Å². The van der Waals surface area contributed by atoms with Gasteiger partial charge in [0, 0.05) is 31.5 Å². The van der Waals surface area contributed by atoms with Gasteiger partial charge in [-0.15, -0.1) is 0 Å². The first-order chi connectivity index (χ1) is 14.5. The van der Waals surface area contributed by atoms with Gasteiger partial charge in [-0.25, -0.2) is 4.39 Å². The summed E-state index contributed by atoms with van der Waals surface area (Å²) in [5.41, 5.74) is 1.23. The molecule has 3 fully saturated rings. The molecule has 5 nitrogen and oxygen atoms in total. The number of halogens is 1. The van der Waals surface area contributed by atoms with Crippen LogP contribution in [0.5, 0.6) is 0 Å². The lowest BCUT2D eigenvalue weighted by molar-refractivity contribution is -0.142. The van der Waals surface area contributed by atoms with Gasteiger partial charge >= 0.3 is 0 Å². The molecular weight excluding hydrogens is 383 g/mol. The normalized spacial score (nSPS) is 25.1. The van der Waals surface area contributed by atoms with Crippen LogP contribution in [-0.4, -0.2) is 46.5 Å². The van der Waals surface area contributed by atoms with E-state index >= 15 is 0 Å². The van der Waals surface area contributed by atoms with Crippen molar-refractivity contribution in [2.75, 3.05) is 13.1 Å². The molecular formula is C24H25FN2O3. The molecule has 2 unspecified atom stereocenters. The summed E-state index contributed by atoms with van der Waals surface area (Å²) in [7, 11) is 0. The van der Waals surface area contributed by atoms with E-state index in [-0.39, 0.29) is 29.9 Å². The summed E-state index contributed by atoms with van der Waals surface area (Å²) in [6.45, 7) is 2.72. The summed E-state index contributed by atoms with van der Waals surface area (Å²) in [6, 6.07) is 14.3. The van der Waals surface area contributed by atoms with Gasteiger partial charge in [0.15, 0.2) is 5.60 Å². The molecule has 0 aliphatic carbocycles.